The number of rotatable bonds is 4. The summed E-state index contributed by atoms with van der Waals surface area (Å²) >= 11 is 2.05. The molecule has 3 aromatic carbocycles. The van der Waals surface area contributed by atoms with Gasteiger partial charge in [0.1, 0.15) is 0 Å². The molecule has 1 saturated carbocycles. The van der Waals surface area contributed by atoms with Crippen LogP contribution >= 0.6 is 11.8 Å². The number of aromatic nitrogens is 1. The Morgan fingerprint density at radius 3 is 2.32 bits per heavy atom. The smallest absolute Gasteiger partial charge is 0.0714 e. The molecule has 1 fully saturated rings. The first-order chi connectivity index (χ1) is 16.6. The Hall–Kier alpha value is -2.53. The monoisotopic (exact) mass is 467 g/mol. The van der Waals surface area contributed by atoms with Gasteiger partial charge in [-0.15, -0.1) is 11.8 Å². The molecule has 0 bridgehead atoms. The topological polar surface area (TPSA) is 31.1 Å². The maximum atomic E-state index is 4.08. The highest BCUT2D eigenvalue weighted by molar-refractivity contribution is 8.00. The summed E-state index contributed by atoms with van der Waals surface area (Å²) in [4.78, 5) is 7.72. The molecule has 4 aromatic rings. The molecule has 3 nitrogen and oxygen atoms in total. The number of para-hydroxylation sites is 1. The number of H-pyrrole nitrogens is 1. The number of aromatic amines is 1. The third-order valence-electron chi connectivity index (χ3n) is 8.27. The summed E-state index contributed by atoms with van der Waals surface area (Å²) in [5.74, 6) is 0. The van der Waals surface area contributed by atoms with Crippen LogP contribution in [0.15, 0.2) is 89.8 Å². The zero-order valence-electron chi connectivity index (χ0n) is 20.1. The normalized spacial score (nSPS) is 26.7. The average Bonchev–Trinajstić information content (AvgIpc) is 3.27. The molecule has 2 N–H and O–H groups in total. The van der Waals surface area contributed by atoms with Gasteiger partial charge in [-0.05, 0) is 69.1 Å². The lowest BCUT2D eigenvalue weighted by Gasteiger charge is -2.55. The minimum atomic E-state index is -0.0681. The van der Waals surface area contributed by atoms with Crippen molar-refractivity contribution in [1.29, 1.82) is 0 Å². The SMILES string of the molecule is CN(C)C1(c2ccccc2)CCC2(NCCc3c2[nH]c2ccccc32)C(Sc2ccccc2)C1. The predicted molar refractivity (Wildman–Crippen MR) is 143 cm³/mol. The van der Waals surface area contributed by atoms with E-state index in [9.17, 15) is 0 Å². The number of fused-ring (bicyclic) bond motifs is 4. The van der Waals surface area contributed by atoms with E-state index in [0.29, 0.717) is 5.25 Å². The summed E-state index contributed by atoms with van der Waals surface area (Å²) in [6.07, 6.45) is 4.40. The van der Waals surface area contributed by atoms with Crippen molar-refractivity contribution in [1.82, 2.24) is 15.2 Å². The van der Waals surface area contributed by atoms with E-state index in [1.807, 2.05) is 11.8 Å². The molecule has 3 unspecified atom stereocenters. The maximum absolute atomic E-state index is 4.08. The molecule has 1 aromatic heterocycles. The second-order valence-corrected chi connectivity index (χ2v) is 11.4. The van der Waals surface area contributed by atoms with E-state index < -0.39 is 0 Å². The molecule has 2 heterocycles. The lowest BCUT2D eigenvalue weighted by Crippen LogP contribution is -2.61. The Kier molecular flexibility index (Phi) is 5.56. The van der Waals surface area contributed by atoms with Gasteiger partial charge in [-0.2, -0.15) is 0 Å². The zero-order valence-corrected chi connectivity index (χ0v) is 20.9. The molecule has 0 saturated heterocycles. The predicted octanol–water partition coefficient (Wildman–Crippen LogP) is 6.31. The van der Waals surface area contributed by atoms with Crippen LogP contribution in [0.4, 0.5) is 0 Å². The van der Waals surface area contributed by atoms with Gasteiger partial charge in [-0.25, -0.2) is 0 Å². The van der Waals surface area contributed by atoms with Crippen LogP contribution in [0.2, 0.25) is 0 Å². The van der Waals surface area contributed by atoms with Gasteiger partial charge < -0.3 is 10.3 Å². The summed E-state index contributed by atoms with van der Waals surface area (Å²) in [7, 11) is 4.52. The molecule has 174 valence electrons. The van der Waals surface area contributed by atoms with Gasteiger partial charge in [0.15, 0.2) is 0 Å². The van der Waals surface area contributed by atoms with Crippen molar-refractivity contribution < 1.29 is 0 Å². The van der Waals surface area contributed by atoms with E-state index in [1.54, 1.807) is 0 Å². The highest BCUT2D eigenvalue weighted by Crippen LogP contribution is 2.55. The lowest BCUT2D eigenvalue weighted by atomic mass is 9.65. The minimum absolute atomic E-state index is 0.0181. The van der Waals surface area contributed by atoms with Gasteiger partial charge in [0.05, 0.1) is 5.54 Å². The molecule has 4 heteroatoms. The van der Waals surface area contributed by atoms with Crippen LogP contribution in [0, 0.1) is 0 Å². The summed E-state index contributed by atoms with van der Waals surface area (Å²) < 4.78 is 0. The van der Waals surface area contributed by atoms with E-state index in [1.165, 1.54) is 32.6 Å². The largest absolute Gasteiger partial charge is 0.357 e. The van der Waals surface area contributed by atoms with E-state index in [4.69, 9.17) is 0 Å². The quantitative estimate of drug-likeness (QED) is 0.369. The number of thioether (sulfide) groups is 1. The summed E-state index contributed by atoms with van der Waals surface area (Å²) in [5, 5.41) is 5.86. The molecule has 0 amide bonds. The molecular weight excluding hydrogens is 434 g/mol. The van der Waals surface area contributed by atoms with E-state index in [0.717, 1.165) is 32.2 Å². The van der Waals surface area contributed by atoms with Crippen LogP contribution in [0.25, 0.3) is 10.9 Å². The Bertz CT molecular complexity index is 1280. The molecule has 6 rings (SSSR count). The average molecular weight is 468 g/mol. The fraction of sp³-hybridized carbons (Fsp3) is 0.333. The number of nitrogens with zero attached hydrogens (tertiary/aromatic N) is 1. The fourth-order valence-corrected chi connectivity index (χ4v) is 7.98. The van der Waals surface area contributed by atoms with Crippen molar-refractivity contribution in [3.63, 3.8) is 0 Å². The van der Waals surface area contributed by atoms with Crippen LogP contribution in [-0.2, 0) is 17.5 Å². The van der Waals surface area contributed by atoms with Crippen LogP contribution in [0.1, 0.15) is 36.1 Å². The van der Waals surface area contributed by atoms with Gasteiger partial charge in [0.2, 0.25) is 0 Å². The second kappa shape index (κ2) is 8.60. The van der Waals surface area contributed by atoms with Crippen molar-refractivity contribution in [3.8, 4) is 0 Å². The van der Waals surface area contributed by atoms with Gasteiger partial charge in [-0.1, -0.05) is 66.7 Å². The zero-order chi connectivity index (χ0) is 23.2. The summed E-state index contributed by atoms with van der Waals surface area (Å²) in [6, 6.07) is 31.0. The van der Waals surface area contributed by atoms with Crippen LogP contribution < -0.4 is 5.32 Å². The van der Waals surface area contributed by atoms with Crippen molar-refractivity contribution in [2.45, 2.75) is 46.9 Å². The number of hydrogen-bond donors (Lipinski definition) is 2. The third kappa shape index (κ3) is 3.43. The number of benzene rings is 3. The first-order valence-corrected chi connectivity index (χ1v) is 13.3. The van der Waals surface area contributed by atoms with E-state index >= 15 is 0 Å². The highest BCUT2D eigenvalue weighted by Gasteiger charge is 2.54. The standard InChI is InChI=1S/C30H33N3S/c1-33(2)29(22-11-5-3-6-12-22)18-19-30(27(21-29)34-23-13-7-4-8-14-23)28-25(17-20-31-30)24-15-9-10-16-26(24)32-28/h3-16,27,31-32H,17-21H2,1-2H3. The van der Waals surface area contributed by atoms with Crippen molar-refractivity contribution >= 4 is 22.7 Å². The van der Waals surface area contributed by atoms with Crippen molar-refractivity contribution in [2.75, 3.05) is 20.6 Å². The Morgan fingerprint density at radius 2 is 1.56 bits per heavy atom. The second-order valence-electron chi connectivity index (χ2n) is 10.1. The lowest BCUT2D eigenvalue weighted by molar-refractivity contribution is 0.0550. The molecule has 2 aliphatic rings. The molecular formula is C30H33N3S. The molecule has 34 heavy (non-hydrogen) atoms. The Balaban J connectivity index is 1.50. The van der Waals surface area contributed by atoms with Gasteiger partial charge >= 0.3 is 0 Å². The number of nitrogens with one attached hydrogen (secondary N) is 2. The molecule has 3 atom stereocenters. The van der Waals surface area contributed by atoms with Crippen LogP contribution in [0.5, 0.6) is 0 Å². The first-order valence-electron chi connectivity index (χ1n) is 12.4. The van der Waals surface area contributed by atoms with Crippen molar-refractivity contribution in [2.24, 2.45) is 0 Å². The Labute approximate surface area is 207 Å². The van der Waals surface area contributed by atoms with E-state index in [-0.39, 0.29) is 11.1 Å². The van der Waals surface area contributed by atoms with Gasteiger partial charge in [0, 0.05) is 38.8 Å². The van der Waals surface area contributed by atoms with Crippen molar-refractivity contribution in [3.05, 3.63) is 102 Å². The summed E-state index contributed by atoms with van der Waals surface area (Å²) in [6.45, 7) is 1.03. The highest BCUT2D eigenvalue weighted by atomic mass is 32.2. The maximum Gasteiger partial charge on any atom is 0.0714 e. The minimum Gasteiger partial charge on any atom is -0.357 e. The fourth-order valence-electron chi connectivity index (χ4n) is 6.46. The van der Waals surface area contributed by atoms with Crippen LogP contribution in [0.3, 0.4) is 0 Å². The molecule has 1 aliphatic carbocycles. The van der Waals surface area contributed by atoms with E-state index in [2.05, 4.69) is 114 Å². The number of hydrogen-bond acceptors (Lipinski definition) is 3. The Morgan fingerprint density at radius 1 is 0.853 bits per heavy atom. The molecule has 0 radical (unpaired) electrons. The molecule has 1 spiro atoms. The molecule has 1 aliphatic heterocycles. The van der Waals surface area contributed by atoms with Gasteiger partial charge in [-0.3, -0.25) is 4.90 Å². The summed E-state index contributed by atoms with van der Waals surface area (Å²) in [5.41, 5.74) is 5.60. The first kappa shape index (κ1) is 22.0. The third-order valence-corrected chi connectivity index (χ3v) is 9.67. The van der Waals surface area contributed by atoms with Crippen LogP contribution in [-0.4, -0.2) is 35.8 Å². The van der Waals surface area contributed by atoms with Gasteiger partial charge in [0.25, 0.3) is 0 Å².